The van der Waals surface area contributed by atoms with Crippen LogP contribution in [0, 0.1) is 5.82 Å². The van der Waals surface area contributed by atoms with Crippen LogP contribution in [0.5, 0.6) is 0 Å². The van der Waals surface area contributed by atoms with Crippen LogP contribution in [0.2, 0.25) is 0 Å². The lowest BCUT2D eigenvalue weighted by Crippen LogP contribution is -2.25. The normalized spacial score (nSPS) is 10.8. The maximum Gasteiger partial charge on any atom is 0.268 e. The molecule has 4 rings (SSSR count). The predicted molar refractivity (Wildman–Crippen MR) is 124 cm³/mol. The second kappa shape index (κ2) is 9.47. The van der Waals surface area contributed by atoms with E-state index in [-0.39, 0.29) is 17.6 Å². The summed E-state index contributed by atoms with van der Waals surface area (Å²) in [7, 11) is 0. The second-order valence-electron chi connectivity index (χ2n) is 7.59. The van der Waals surface area contributed by atoms with E-state index in [2.05, 4.69) is 10.6 Å². The minimum absolute atomic E-state index is 0.0793. The summed E-state index contributed by atoms with van der Waals surface area (Å²) in [5.41, 5.74) is 3.72. The molecule has 0 saturated heterocycles. The van der Waals surface area contributed by atoms with Crippen molar-refractivity contribution in [2.75, 3.05) is 5.32 Å². The number of carbonyl (C=O) groups excluding carboxylic acids is 2. The third kappa shape index (κ3) is 4.86. The van der Waals surface area contributed by atoms with Crippen molar-refractivity contribution in [2.24, 2.45) is 0 Å². The van der Waals surface area contributed by atoms with Crippen LogP contribution < -0.4 is 10.6 Å². The fourth-order valence-corrected chi connectivity index (χ4v) is 3.64. The molecule has 2 amide bonds. The topological polar surface area (TPSA) is 63.1 Å². The molecule has 3 aromatic carbocycles. The zero-order valence-electron chi connectivity index (χ0n) is 17.8. The number of amides is 2. The van der Waals surface area contributed by atoms with E-state index in [0.717, 1.165) is 22.0 Å². The van der Waals surface area contributed by atoms with Crippen LogP contribution >= 0.6 is 0 Å². The summed E-state index contributed by atoms with van der Waals surface area (Å²) in [4.78, 5) is 24.9. The first kappa shape index (κ1) is 21.3. The van der Waals surface area contributed by atoms with E-state index >= 15 is 0 Å². The largest absolute Gasteiger partial charge is 0.347 e. The molecule has 0 radical (unpaired) electrons. The number of nitrogens with zero attached hydrogens (tertiary/aromatic N) is 1. The van der Waals surface area contributed by atoms with Crippen molar-refractivity contribution < 1.29 is 14.0 Å². The third-order valence-corrected chi connectivity index (χ3v) is 5.26. The molecule has 0 unspecified atom stereocenters. The number of hydrogen-bond acceptors (Lipinski definition) is 2. The Labute approximate surface area is 185 Å². The van der Waals surface area contributed by atoms with E-state index in [1.165, 1.54) is 12.1 Å². The zero-order chi connectivity index (χ0) is 22.5. The van der Waals surface area contributed by atoms with Gasteiger partial charge in [0.1, 0.15) is 11.5 Å². The molecular formula is C26H24FN3O2. The zero-order valence-corrected chi connectivity index (χ0v) is 17.8. The molecule has 0 spiro atoms. The highest BCUT2D eigenvalue weighted by Gasteiger charge is 2.17. The summed E-state index contributed by atoms with van der Waals surface area (Å²) in [6.07, 6.45) is 0.381. The average Bonchev–Trinajstić information content (AvgIpc) is 3.15. The summed E-state index contributed by atoms with van der Waals surface area (Å²) >= 11 is 0. The molecule has 162 valence electrons. The van der Waals surface area contributed by atoms with Crippen molar-refractivity contribution in [2.45, 2.75) is 26.4 Å². The van der Waals surface area contributed by atoms with Crippen molar-refractivity contribution in [3.05, 3.63) is 102 Å². The van der Waals surface area contributed by atoms with Gasteiger partial charge in [-0.3, -0.25) is 9.59 Å². The molecule has 1 aromatic heterocycles. The molecule has 0 aliphatic heterocycles. The fraction of sp³-hybridized carbons (Fsp3) is 0.154. The first-order valence-corrected chi connectivity index (χ1v) is 10.5. The Bertz CT molecular complexity index is 1260. The van der Waals surface area contributed by atoms with E-state index in [1.807, 2.05) is 59.2 Å². The quantitative estimate of drug-likeness (QED) is 0.429. The Balaban J connectivity index is 1.69. The van der Waals surface area contributed by atoms with E-state index < -0.39 is 0 Å². The van der Waals surface area contributed by atoms with Crippen LogP contribution in [0.3, 0.4) is 0 Å². The maximum absolute atomic E-state index is 13.8. The molecule has 32 heavy (non-hydrogen) atoms. The van der Waals surface area contributed by atoms with Crippen LogP contribution in [0.15, 0.2) is 78.9 Å². The molecule has 5 nitrogen and oxygen atoms in total. The Hall–Kier alpha value is -3.93. The molecule has 0 aliphatic rings. The number of benzene rings is 3. The smallest absolute Gasteiger partial charge is 0.268 e. The lowest BCUT2D eigenvalue weighted by Gasteiger charge is -2.12. The Morgan fingerprint density at radius 2 is 1.69 bits per heavy atom. The standard InChI is InChI=1S/C26H24FN3O2/c1-2-25(31)29-22-11-12-23-20(14-22)15-24(26(32)28-16-18-7-4-3-5-8-18)30(23)17-19-9-6-10-21(27)13-19/h3-15H,2,16-17H2,1H3,(H,28,32)(H,29,31). The molecule has 0 atom stereocenters. The minimum atomic E-state index is -0.321. The van der Waals surface area contributed by atoms with E-state index in [1.54, 1.807) is 19.1 Å². The highest BCUT2D eigenvalue weighted by atomic mass is 19.1. The summed E-state index contributed by atoms with van der Waals surface area (Å²) in [6, 6.07) is 23.4. The van der Waals surface area contributed by atoms with Gasteiger partial charge in [-0.25, -0.2) is 4.39 Å². The van der Waals surface area contributed by atoms with Crippen molar-refractivity contribution in [3.8, 4) is 0 Å². The number of nitrogens with one attached hydrogen (secondary N) is 2. The molecule has 0 bridgehead atoms. The Morgan fingerprint density at radius 3 is 2.44 bits per heavy atom. The predicted octanol–water partition coefficient (Wildman–Crippen LogP) is 5.11. The highest BCUT2D eigenvalue weighted by Crippen LogP contribution is 2.25. The number of anilines is 1. The maximum atomic E-state index is 13.8. The molecule has 0 fully saturated rings. The van der Waals surface area contributed by atoms with Gasteiger partial charge in [0.25, 0.3) is 5.91 Å². The van der Waals surface area contributed by atoms with Gasteiger partial charge < -0.3 is 15.2 Å². The number of fused-ring (bicyclic) bond motifs is 1. The fourth-order valence-electron chi connectivity index (χ4n) is 3.64. The molecule has 0 saturated carbocycles. The van der Waals surface area contributed by atoms with Gasteiger partial charge >= 0.3 is 0 Å². The molecular weight excluding hydrogens is 405 g/mol. The number of carbonyl (C=O) groups is 2. The lowest BCUT2D eigenvalue weighted by atomic mass is 10.2. The molecule has 0 aliphatic carbocycles. The first-order valence-electron chi connectivity index (χ1n) is 10.5. The number of aromatic nitrogens is 1. The molecule has 2 N–H and O–H groups in total. The summed E-state index contributed by atoms with van der Waals surface area (Å²) in [5.74, 6) is -0.622. The van der Waals surface area contributed by atoms with Crippen molar-refractivity contribution in [1.82, 2.24) is 9.88 Å². The van der Waals surface area contributed by atoms with Crippen LogP contribution in [0.4, 0.5) is 10.1 Å². The van der Waals surface area contributed by atoms with Gasteiger partial charge in [-0.05, 0) is 47.5 Å². The van der Waals surface area contributed by atoms with E-state index in [9.17, 15) is 14.0 Å². The van der Waals surface area contributed by atoms with Gasteiger partial charge in [0.2, 0.25) is 5.91 Å². The SMILES string of the molecule is CCC(=O)Nc1ccc2c(c1)cc(C(=O)NCc1ccccc1)n2Cc1cccc(F)c1. The number of rotatable bonds is 7. The molecule has 4 aromatic rings. The average molecular weight is 429 g/mol. The van der Waals surface area contributed by atoms with Gasteiger partial charge in [-0.2, -0.15) is 0 Å². The lowest BCUT2D eigenvalue weighted by molar-refractivity contribution is -0.115. The minimum Gasteiger partial charge on any atom is -0.347 e. The summed E-state index contributed by atoms with van der Waals surface area (Å²) in [5, 5.41) is 6.63. The van der Waals surface area contributed by atoms with Crippen LogP contribution in [0.25, 0.3) is 10.9 Å². The molecule has 1 heterocycles. The van der Waals surface area contributed by atoms with Gasteiger partial charge in [0.15, 0.2) is 0 Å². The van der Waals surface area contributed by atoms with Crippen LogP contribution in [-0.4, -0.2) is 16.4 Å². The van der Waals surface area contributed by atoms with Crippen molar-refractivity contribution in [1.29, 1.82) is 0 Å². The molecule has 6 heteroatoms. The third-order valence-electron chi connectivity index (χ3n) is 5.26. The number of halogens is 1. The summed E-state index contributed by atoms with van der Waals surface area (Å²) in [6.45, 7) is 2.54. The van der Waals surface area contributed by atoms with Gasteiger partial charge in [-0.1, -0.05) is 49.4 Å². The van der Waals surface area contributed by atoms with Crippen molar-refractivity contribution in [3.63, 3.8) is 0 Å². The van der Waals surface area contributed by atoms with Gasteiger partial charge in [0.05, 0.1) is 0 Å². The summed E-state index contributed by atoms with van der Waals surface area (Å²) < 4.78 is 15.6. The van der Waals surface area contributed by atoms with E-state index in [0.29, 0.717) is 30.9 Å². The van der Waals surface area contributed by atoms with Crippen LogP contribution in [0.1, 0.15) is 35.0 Å². The Kier molecular flexibility index (Phi) is 6.31. The van der Waals surface area contributed by atoms with Crippen molar-refractivity contribution >= 4 is 28.4 Å². The van der Waals surface area contributed by atoms with Gasteiger partial charge in [0, 0.05) is 36.1 Å². The second-order valence-corrected chi connectivity index (χ2v) is 7.59. The van der Waals surface area contributed by atoms with E-state index in [4.69, 9.17) is 0 Å². The Morgan fingerprint density at radius 1 is 0.906 bits per heavy atom. The first-order chi connectivity index (χ1) is 15.5. The monoisotopic (exact) mass is 429 g/mol. The highest BCUT2D eigenvalue weighted by molar-refractivity contribution is 6.00. The number of hydrogen-bond donors (Lipinski definition) is 2. The van der Waals surface area contributed by atoms with Crippen LogP contribution in [-0.2, 0) is 17.9 Å². The van der Waals surface area contributed by atoms with Gasteiger partial charge in [-0.15, -0.1) is 0 Å².